The molecule has 0 saturated heterocycles. The van der Waals surface area contributed by atoms with E-state index in [1.165, 1.54) is 11.8 Å². The normalized spacial score (nSPS) is 12.3. The van der Waals surface area contributed by atoms with Gasteiger partial charge in [-0.1, -0.05) is 41.6 Å². The number of rotatable bonds is 9. The molecule has 164 valence electrons. The van der Waals surface area contributed by atoms with Crippen LogP contribution in [-0.4, -0.2) is 33.4 Å². The fourth-order valence-electron chi connectivity index (χ4n) is 2.98. The molecule has 1 amide bonds. The van der Waals surface area contributed by atoms with E-state index in [1.54, 1.807) is 29.7 Å². The average molecular weight is 460 g/mol. The van der Waals surface area contributed by atoms with Gasteiger partial charge < -0.3 is 10.1 Å². The van der Waals surface area contributed by atoms with Crippen LogP contribution >= 0.6 is 23.4 Å². The number of anilines is 1. The lowest BCUT2D eigenvalue weighted by molar-refractivity contribution is -0.115. The van der Waals surface area contributed by atoms with Crippen LogP contribution in [0.4, 0.5) is 5.69 Å². The Bertz CT molecular complexity index is 1100. The second-order valence-electron chi connectivity index (χ2n) is 7.40. The molecular weight excluding hydrogens is 434 g/mol. The lowest BCUT2D eigenvalue weighted by atomic mass is 10.2. The molecule has 1 aromatic heterocycles. The van der Waals surface area contributed by atoms with Crippen LogP contribution in [0.1, 0.15) is 27.2 Å². The van der Waals surface area contributed by atoms with E-state index < -0.39 is 5.25 Å². The predicted molar refractivity (Wildman–Crippen MR) is 127 cm³/mol. The van der Waals surface area contributed by atoms with Crippen LogP contribution in [0.2, 0.25) is 5.02 Å². The van der Waals surface area contributed by atoms with E-state index in [4.69, 9.17) is 16.3 Å². The molecule has 8 heteroatoms. The molecule has 0 saturated carbocycles. The summed E-state index contributed by atoms with van der Waals surface area (Å²) in [6.07, 6.45) is 0.793. The maximum atomic E-state index is 13.2. The predicted octanol–water partition coefficient (Wildman–Crippen LogP) is 4.98. The van der Waals surface area contributed by atoms with Gasteiger partial charge in [0.1, 0.15) is 0 Å². The van der Waals surface area contributed by atoms with Gasteiger partial charge in [0.15, 0.2) is 5.16 Å². The van der Waals surface area contributed by atoms with Crippen molar-refractivity contribution in [2.75, 3.05) is 11.9 Å². The Morgan fingerprint density at radius 2 is 1.94 bits per heavy atom. The molecule has 6 nitrogen and oxygen atoms in total. The third-order valence-electron chi connectivity index (χ3n) is 4.55. The molecule has 0 aliphatic carbocycles. The first kappa shape index (κ1) is 23.3. The molecule has 0 aliphatic heterocycles. The fraction of sp³-hybridized carbons (Fsp3) is 0.348. The molecule has 1 N–H and O–H groups in total. The van der Waals surface area contributed by atoms with Crippen molar-refractivity contribution in [2.45, 2.75) is 50.2 Å². The number of ether oxygens (including phenoxy) is 1. The minimum atomic E-state index is -0.457. The largest absolute Gasteiger partial charge is 0.379 e. The van der Waals surface area contributed by atoms with Crippen molar-refractivity contribution in [3.8, 4) is 0 Å². The molecule has 1 heterocycles. The number of benzene rings is 2. The van der Waals surface area contributed by atoms with Crippen LogP contribution in [0.15, 0.2) is 58.5 Å². The van der Waals surface area contributed by atoms with Crippen molar-refractivity contribution in [3.05, 3.63) is 63.9 Å². The molecule has 0 fully saturated rings. The zero-order chi connectivity index (χ0) is 22.4. The number of nitrogens with zero attached hydrogens (tertiary/aromatic N) is 2. The van der Waals surface area contributed by atoms with Gasteiger partial charge in [-0.15, -0.1) is 0 Å². The third-order valence-corrected chi connectivity index (χ3v) is 5.88. The van der Waals surface area contributed by atoms with Gasteiger partial charge in [0, 0.05) is 23.9 Å². The lowest BCUT2D eigenvalue weighted by Gasteiger charge is -2.17. The summed E-state index contributed by atoms with van der Waals surface area (Å²) in [7, 11) is 0. The van der Waals surface area contributed by atoms with Crippen molar-refractivity contribution in [1.29, 1.82) is 0 Å². The SMILES string of the molecule is CC(C)OCCCn1c(SC(C)C(=O)Nc2ccccc2)nc2cc(Cl)ccc2c1=O. The number of hydrogen-bond acceptors (Lipinski definition) is 5. The third kappa shape index (κ3) is 6.32. The summed E-state index contributed by atoms with van der Waals surface area (Å²) in [6, 6.07) is 14.3. The second kappa shape index (κ2) is 10.8. The summed E-state index contributed by atoms with van der Waals surface area (Å²) in [5, 5.41) is 3.93. The van der Waals surface area contributed by atoms with E-state index >= 15 is 0 Å². The summed E-state index contributed by atoms with van der Waals surface area (Å²) in [6.45, 7) is 6.73. The van der Waals surface area contributed by atoms with Gasteiger partial charge in [-0.2, -0.15) is 0 Å². The number of thioether (sulfide) groups is 1. The second-order valence-corrected chi connectivity index (χ2v) is 9.15. The summed E-state index contributed by atoms with van der Waals surface area (Å²) in [5.74, 6) is -0.161. The average Bonchev–Trinajstić information content (AvgIpc) is 2.73. The number of nitrogens with one attached hydrogen (secondary N) is 1. The zero-order valence-corrected chi connectivity index (χ0v) is 19.4. The van der Waals surface area contributed by atoms with Gasteiger partial charge >= 0.3 is 0 Å². The standard InChI is InChI=1S/C23H26ClN3O3S/c1-15(2)30-13-7-12-27-22(29)19-11-10-17(24)14-20(19)26-23(27)31-16(3)21(28)25-18-8-5-4-6-9-18/h4-6,8-11,14-16H,7,12-13H2,1-3H3,(H,25,28). The van der Waals surface area contributed by atoms with Gasteiger partial charge in [0.2, 0.25) is 5.91 Å². The molecular formula is C23H26ClN3O3S. The maximum Gasteiger partial charge on any atom is 0.262 e. The summed E-state index contributed by atoms with van der Waals surface area (Å²) in [4.78, 5) is 30.5. The van der Waals surface area contributed by atoms with Crippen LogP contribution in [0.5, 0.6) is 0 Å². The van der Waals surface area contributed by atoms with E-state index in [0.717, 1.165) is 5.69 Å². The highest BCUT2D eigenvalue weighted by Gasteiger charge is 2.20. The summed E-state index contributed by atoms with van der Waals surface area (Å²) >= 11 is 7.36. The summed E-state index contributed by atoms with van der Waals surface area (Å²) in [5.41, 5.74) is 1.09. The highest BCUT2D eigenvalue weighted by atomic mass is 35.5. The van der Waals surface area contributed by atoms with Gasteiger partial charge in [0.05, 0.1) is 22.3 Å². The van der Waals surface area contributed by atoms with Crippen LogP contribution in [-0.2, 0) is 16.1 Å². The molecule has 0 spiro atoms. The topological polar surface area (TPSA) is 73.2 Å². The number of hydrogen-bond donors (Lipinski definition) is 1. The van der Waals surface area contributed by atoms with Crippen LogP contribution in [0.25, 0.3) is 10.9 Å². The van der Waals surface area contributed by atoms with Gasteiger partial charge in [-0.3, -0.25) is 14.2 Å². The number of para-hydroxylation sites is 1. The minimum absolute atomic E-state index is 0.129. The molecule has 3 aromatic rings. The number of amides is 1. The van der Waals surface area contributed by atoms with Crippen molar-refractivity contribution in [3.63, 3.8) is 0 Å². The first-order valence-corrected chi connectivity index (χ1v) is 11.4. The Kier molecular flexibility index (Phi) is 8.12. The lowest BCUT2D eigenvalue weighted by Crippen LogP contribution is -2.27. The Hall–Kier alpha value is -2.35. The number of carbonyl (C=O) groups excluding carboxylic acids is 1. The Morgan fingerprint density at radius 3 is 2.65 bits per heavy atom. The van der Waals surface area contributed by atoms with Gasteiger partial charge in [0.25, 0.3) is 5.56 Å². The van der Waals surface area contributed by atoms with Gasteiger partial charge in [-0.05, 0) is 57.5 Å². The van der Waals surface area contributed by atoms with Crippen LogP contribution in [0, 0.1) is 0 Å². The molecule has 0 bridgehead atoms. The quantitative estimate of drug-likeness (QED) is 0.277. The Balaban J connectivity index is 1.86. The molecule has 3 rings (SSSR count). The monoisotopic (exact) mass is 459 g/mol. The van der Waals surface area contributed by atoms with E-state index in [-0.39, 0.29) is 17.6 Å². The molecule has 31 heavy (non-hydrogen) atoms. The van der Waals surface area contributed by atoms with Gasteiger partial charge in [-0.25, -0.2) is 4.98 Å². The molecule has 0 radical (unpaired) electrons. The maximum absolute atomic E-state index is 13.2. The van der Waals surface area contributed by atoms with E-state index in [2.05, 4.69) is 10.3 Å². The summed E-state index contributed by atoms with van der Waals surface area (Å²) < 4.78 is 7.23. The highest BCUT2D eigenvalue weighted by Crippen LogP contribution is 2.25. The molecule has 1 atom stereocenters. The smallest absolute Gasteiger partial charge is 0.262 e. The van der Waals surface area contributed by atoms with Crippen LogP contribution in [0.3, 0.4) is 0 Å². The van der Waals surface area contributed by atoms with Crippen molar-refractivity contribution in [2.24, 2.45) is 0 Å². The van der Waals surface area contributed by atoms with E-state index in [1.807, 2.05) is 44.2 Å². The number of halogens is 1. The highest BCUT2D eigenvalue weighted by molar-refractivity contribution is 8.00. The van der Waals surface area contributed by atoms with Crippen molar-refractivity contribution < 1.29 is 9.53 Å². The minimum Gasteiger partial charge on any atom is -0.379 e. The van der Waals surface area contributed by atoms with Crippen molar-refractivity contribution in [1.82, 2.24) is 9.55 Å². The van der Waals surface area contributed by atoms with Crippen LogP contribution < -0.4 is 10.9 Å². The zero-order valence-electron chi connectivity index (χ0n) is 17.8. The van der Waals surface area contributed by atoms with E-state index in [0.29, 0.717) is 40.7 Å². The molecule has 0 aliphatic rings. The van der Waals surface area contributed by atoms with Crippen molar-refractivity contribution >= 4 is 45.9 Å². The Morgan fingerprint density at radius 1 is 1.19 bits per heavy atom. The first-order valence-electron chi connectivity index (χ1n) is 10.2. The number of aromatic nitrogens is 2. The Labute approximate surface area is 191 Å². The fourth-order valence-corrected chi connectivity index (χ4v) is 4.08. The molecule has 2 aromatic carbocycles. The molecule has 1 unspecified atom stereocenters. The number of carbonyl (C=O) groups is 1. The first-order chi connectivity index (χ1) is 14.8. The van der Waals surface area contributed by atoms with E-state index in [9.17, 15) is 9.59 Å². The number of fused-ring (bicyclic) bond motifs is 1.